The van der Waals surface area contributed by atoms with Crippen molar-refractivity contribution >= 4 is 11.6 Å². The van der Waals surface area contributed by atoms with Crippen LogP contribution in [0.4, 0.5) is 4.39 Å². The van der Waals surface area contributed by atoms with E-state index in [0.717, 1.165) is 0 Å². The molecule has 0 bridgehead atoms. The molecule has 0 amide bonds. The molecule has 0 N–H and O–H groups in total. The lowest BCUT2D eigenvalue weighted by molar-refractivity contribution is 0.454. The number of aromatic nitrogens is 2. The summed E-state index contributed by atoms with van der Waals surface area (Å²) in [6.45, 7) is 1.76. The van der Waals surface area contributed by atoms with Crippen LogP contribution in [0, 0.1) is 12.7 Å². The van der Waals surface area contributed by atoms with Gasteiger partial charge in [0.1, 0.15) is 11.6 Å². The summed E-state index contributed by atoms with van der Waals surface area (Å²) < 4.78 is 18.4. The van der Waals surface area contributed by atoms with Crippen molar-refractivity contribution in [3.05, 3.63) is 47.7 Å². The predicted octanol–water partition coefficient (Wildman–Crippen LogP) is 3.46. The van der Waals surface area contributed by atoms with E-state index in [0.29, 0.717) is 28.8 Å². The second-order valence-electron chi connectivity index (χ2n) is 3.49. The molecule has 0 radical (unpaired) electrons. The predicted molar refractivity (Wildman–Crippen MR) is 62.8 cm³/mol. The maximum Gasteiger partial charge on any atom is 0.237 e. The average Bonchev–Trinajstić information content (AvgIpc) is 2.34. The van der Waals surface area contributed by atoms with Crippen molar-refractivity contribution in [3.63, 3.8) is 0 Å². The molecule has 88 valence electrons. The van der Waals surface area contributed by atoms with Gasteiger partial charge in [-0.25, -0.2) is 9.37 Å². The molecule has 3 nitrogen and oxygen atoms in total. The molecule has 0 fully saturated rings. The fourth-order valence-corrected chi connectivity index (χ4v) is 1.44. The fraction of sp³-hybridized carbons (Fsp3) is 0.167. The number of ether oxygens (including phenoxy) is 1. The highest BCUT2D eigenvalue weighted by Gasteiger charge is 2.04. The van der Waals surface area contributed by atoms with Crippen LogP contribution in [0.2, 0.25) is 0 Å². The van der Waals surface area contributed by atoms with E-state index >= 15 is 0 Å². The van der Waals surface area contributed by atoms with Gasteiger partial charge in [0.25, 0.3) is 0 Å². The van der Waals surface area contributed by atoms with E-state index in [-0.39, 0.29) is 5.82 Å². The summed E-state index contributed by atoms with van der Waals surface area (Å²) in [4.78, 5) is 8.09. The maximum absolute atomic E-state index is 12.9. The topological polar surface area (TPSA) is 35.0 Å². The van der Waals surface area contributed by atoms with Gasteiger partial charge >= 0.3 is 0 Å². The van der Waals surface area contributed by atoms with Gasteiger partial charge in [-0.15, -0.1) is 11.6 Å². The minimum Gasteiger partial charge on any atom is -0.437 e. The number of halogens is 2. The zero-order valence-electron chi connectivity index (χ0n) is 9.15. The minimum absolute atomic E-state index is 0.293. The molecule has 1 heterocycles. The van der Waals surface area contributed by atoms with Gasteiger partial charge in [-0.2, -0.15) is 0 Å². The Balaban J connectivity index is 2.19. The summed E-state index contributed by atoms with van der Waals surface area (Å²) in [6.07, 6.45) is 3.03. The van der Waals surface area contributed by atoms with E-state index in [1.54, 1.807) is 19.2 Å². The Morgan fingerprint density at radius 3 is 2.71 bits per heavy atom. The monoisotopic (exact) mass is 252 g/mol. The van der Waals surface area contributed by atoms with E-state index in [1.807, 2.05) is 0 Å². The third kappa shape index (κ3) is 2.91. The normalized spacial score (nSPS) is 10.3. The Labute approximate surface area is 103 Å². The molecule has 0 atom stereocenters. The van der Waals surface area contributed by atoms with Gasteiger partial charge < -0.3 is 4.74 Å². The quantitative estimate of drug-likeness (QED) is 0.785. The van der Waals surface area contributed by atoms with Crippen molar-refractivity contribution < 1.29 is 9.13 Å². The molecular formula is C12H10ClFN2O. The SMILES string of the molecule is Cc1cc(F)ccc1Oc1cnc(CCl)cn1. The number of alkyl halides is 1. The Morgan fingerprint density at radius 2 is 2.12 bits per heavy atom. The van der Waals surface area contributed by atoms with Gasteiger partial charge in [-0.1, -0.05) is 0 Å². The first-order chi connectivity index (χ1) is 8.19. The van der Waals surface area contributed by atoms with Crippen molar-refractivity contribution in [2.75, 3.05) is 0 Å². The molecular weight excluding hydrogens is 243 g/mol. The number of rotatable bonds is 3. The van der Waals surface area contributed by atoms with Crippen molar-refractivity contribution in [2.45, 2.75) is 12.8 Å². The second-order valence-corrected chi connectivity index (χ2v) is 3.76. The van der Waals surface area contributed by atoms with Crippen molar-refractivity contribution in [1.29, 1.82) is 0 Å². The van der Waals surface area contributed by atoms with Crippen molar-refractivity contribution in [2.24, 2.45) is 0 Å². The first-order valence-corrected chi connectivity index (χ1v) is 5.53. The van der Waals surface area contributed by atoms with Crippen LogP contribution in [0.3, 0.4) is 0 Å². The number of nitrogens with zero attached hydrogens (tertiary/aromatic N) is 2. The number of benzene rings is 1. The van der Waals surface area contributed by atoms with E-state index in [9.17, 15) is 4.39 Å². The Kier molecular flexibility index (Phi) is 3.54. The summed E-state index contributed by atoms with van der Waals surface area (Å²) in [5.41, 5.74) is 1.38. The molecule has 0 aliphatic rings. The van der Waals surface area contributed by atoms with Crippen LogP contribution in [-0.4, -0.2) is 9.97 Å². The standard InChI is InChI=1S/C12H10ClFN2O/c1-8-4-9(14)2-3-11(8)17-12-7-15-10(5-13)6-16-12/h2-4,6-7H,5H2,1H3. The fourth-order valence-electron chi connectivity index (χ4n) is 1.30. The molecule has 2 rings (SSSR count). The zero-order chi connectivity index (χ0) is 12.3. The lowest BCUT2D eigenvalue weighted by atomic mass is 10.2. The molecule has 0 aliphatic carbocycles. The Morgan fingerprint density at radius 1 is 1.29 bits per heavy atom. The molecule has 1 aromatic heterocycles. The Bertz CT molecular complexity index is 516. The number of hydrogen-bond donors (Lipinski definition) is 0. The first-order valence-electron chi connectivity index (χ1n) is 5.00. The lowest BCUT2D eigenvalue weighted by Crippen LogP contribution is -1.93. The van der Waals surface area contributed by atoms with Crippen molar-refractivity contribution in [1.82, 2.24) is 9.97 Å². The number of aryl methyl sites for hydroxylation is 1. The van der Waals surface area contributed by atoms with Crippen LogP contribution >= 0.6 is 11.6 Å². The molecule has 0 saturated heterocycles. The van der Waals surface area contributed by atoms with E-state index in [1.165, 1.54) is 18.3 Å². The smallest absolute Gasteiger partial charge is 0.237 e. The average molecular weight is 253 g/mol. The van der Waals surface area contributed by atoms with Gasteiger partial charge in [0.15, 0.2) is 0 Å². The molecule has 0 unspecified atom stereocenters. The van der Waals surface area contributed by atoms with Gasteiger partial charge in [0.05, 0.1) is 24.0 Å². The minimum atomic E-state index is -0.293. The molecule has 0 aliphatic heterocycles. The van der Waals surface area contributed by atoms with Crippen LogP contribution in [-0.2, 0) is 5.88 Å². The van der Waals surface area contributed by atoms with Crippen LogP contribution in [0.1, 0.15) is 11.3 Å². The summed E-state index contributed by atoms with van der Waals surface area (Å²) in [5.74, 6) is 0.925. The van der Waals surface area contributed by atoms with Gasteiger partial charge in [-0.05, 0) is 30.7 Å². The Hall–Kier alpha value is -1.68. The third-order valence-electron chi connectivity index (χ3n) is 2.17. The second kappa shape index (κ2) is 5.10. The molecule has 2 aromatic rings. The van der Waals surface area contributed by atoms with Gasteiger partial charge in [0, 0.05) is 0 Å². The molecule has 1 aromatic carbocycles. The maximum atomic E-state index is 12.9. The summed E-state index contributed by atoms with van der Waals surface area (Å²) >= 11 is 5.60. The third-order valence-corrected chi connectivity index (χ3v) is 2.44. The summed E-state index contributed by atoms with van der Waals surface area (Å²) in [6, 6.07) is 4.29. The molecule has 5 heteroatoms. The van der Waals surface area contributed by atoms with Gasteiger partial charge in [0.2, 0.25) is 5.88 Å². The van der Waals surface area contributed by atoms with Crippen LogP contribution < -0.4 is 4.74 Å². The summed E-state index contributed by atoms with van der Waals surface area (Å²) in [7, 11) is 0. The molecule has 0 spiro atoms. The first kappa shape index (κ1) is 11.8. The number of hydrogen-bond acceptors (Lipinski definition) is 3. The van der Waals surface area contributed by atoms with Crippen LogP contribution in [0.15, 0.2) is 30.6 Å². The van der Waals surface area contributed by atoms with E-state index in [2.05, 4.69) is 9.97 Å². The van der Waals surface area contributed by atoms with Crippen LogP contribution in [0.5, 0.6) is 11.6 Å². The highest BCUT2D eigenvalue weighted by molar-refractivity contribution is 6.16. The summed E-state index contributed by atoms with van der Waals surface area (Å²) in [5, 5.41) is 0. The van der Waals surface area contributed by atoms with Crippen LogP contribution in [0.25, 0.3) is 0 Å². The zero-order valence-corrected chi connectivity index (χ0v) is 9.91. The largest absolute Gasteiger partial charge is 0.437 e. The highest BCUT2D eigenvalue weighted by Crippen LogP contribution is 2.23. The lowest BCUT2D eigenvalue weighted by Gasteiger charge is -2.07. The van der Waals surface area contributed by atoms with Gasteiger partial charge in [-0.3, -0.25) is 4.98 Å². The van der Waals surface area contributed by atoms with Crippen molar-refractivity contribution in [3.8, 4) is 11.6 Å². The molecule has 0 saturated carbocycles. The molecule has 17 heavy (non-hydrogen) atoms. The highest BCUT2D eigenvalue weighted by atomic mass is 35.5. The van der Waals surface area contributed by atoms with E-state index in [4.69, 9.17) is 16.3 Å². The van der Waals surface area contributed by atoms with E-state index < -0.39 is 0 Å².